The Bertz CT molecular complexity index is 474. The summed E-state index contributed by atoms with van der Waals surface area (Å²) in [4.78, 5) is 0. The molecular weight excluding hydrogens is 304 g/mol. The zero-order valence-electron chi connectivity index (χ0n) is 9.56. The minimum atomic E-state index is -3.46. The quantitative estimate of drug-likeness (QED) is 0.870. The smallest absolute Gasteiger partial charge is 0.197 e. The molecule has 0 aromatic heterocycles. The monoisotopic (exact) mass is 318 g/mol. The van der Waals surface area contributed by atoms with Gasteiger partial charge >= 0.3 is 0 Å². The lowest BCUT2D eigenvalue weighted by atomic mass is 10.2. The third-order valence-electron chi connectivity index (χ3n) is 2.10. The van der Waals surface area contributed by atoms with Gasteiger partial charge in [0.2, 0.25) is 0 Å². The van der Waals surface area contributed by atoms with Crippen molar-refractivity contribution in [3.8, 4) is 0 Å². The zero-order chi connectivity index (χ0) is 12.9. The van der Waals surface area contributed by atoms with Crippen LogP contribution in [0.2, 0.25) is 0 Å². The normalized spacial score (nSPS) is 11.7. The highest BCUT2D eigenvalue weighted by Crippen LogP contribution is 2.06. The molecule has 0 saturated carbocycles. The second-order valence-corrected chi connectivity index (χ2v) is 6.57. The molecule has 0 aliphatic rings. The molecule has 0 atom stereocenters. The van der Waals surface area contributed by atoms with Gasteiger partial charge in [0.1, 0.15) is 0 Å². The molecular formula is C11H15BrN2O2S. The molecule has 0 unspecified atom stereocenters. The lowest BCUT2D eigenvalue weighted by Crippen LogP contribution is -2.38. The van der Waals surface area contributed by atoms with Crippen molar-refractivity contribution in [1.82, 2.24) is 9.03 Å². The van der Waals surface area contributed by atoms with Gasteiger partial charge < -0.3 is 0 Å². The lowest BCUT2D eigenvalue weighted by Gasteiger charge is -2.17. The largest absolute Gasteiger partial charge is 0.279 e. The van der Waals surface area contributed by atoms with Crippen LogP contribution in [0.5, 0.6) is 0 Å². The summed E-state index contributed by atoms with van der Waals surface area (Å²) in [6, 6.07) is 9.42. The van der Waals surface area contributed by atoms with Crippen LogP contribution >= 0.6 is 15.9 Å². The summed E-state index contributed by atoms with van der Waals surface area (Å²) in [5.74, 6) is 0. The summed E-state index contributed by atoms with van der Waals surface area (Å²) >= 11 is 3.10. The molecule has 1 aromatic carbocycles. The number of rotatable bonds is 6. The van der Waals surface area contributed by atoms with Crippen LogP contribution < -0.4 is 4.72 Å². The maximum absolute atomic E-state index is 11.8. The second kappa shape index (κ2) is 6.30. The minimum Gasteiger partial charge on any atom is -0.197 e. The first kappa shape index (κ1) is 14.4. The van der Waals surface area contributed by atoms with Crippen molar-refractivity contribution < 1.29 is 8.42 Å². The van der Waals surface area contributed by atoms with Gasteiger partial charge in [-0.25, -0.2) is 0 Å². The molecule has 4 nitrogen and oxygen atoms in total. The molecule has 1 aromatic rings. The zero-order valence-corrected chi connectivity index (χ0v) is 12.0. The first-order chi connectivity index (χ1) is 7.92. The average Bonchev–Trinajstić information content (AvgIpc) is 2.28. The van der Waals surface area contributed by atoms with Crippen LogP contribution in [-0.2, 0) is 16.8 Å². The minimum absolute atomic E-state index is 0.182. The Hall–Kier alpha value is -0.690. The van der Waals surface area contributed by atoms with Crippen LogP contribution in [0.1, 0.15) is 5.56 Å². The van der Waals surface area contributed by atoms with Crippen molar-refractivity contribution in [3.05, 3.63) is 47.0 Å². The first-order valence-corrected chi connectivity index (χ1v) is 7.23. The predicted molar refractivity (Wildman–Crippen MR) is 72.9 cm³/mol. The SMILES string of the molecule is C=C(Br)CNS(=O)(=O)N(C)Cc1ccccc1. The van der Waals surface area contributed by atoms with Crippen molar-refractivity contribution >= 4 is 26.1 Å². The number of hydrogen-bond donors (Lipinski definition) is 1. The molecule has 0 saturated heterocycles. The van der Waals surface area contributed by atoms with Gasteiger partial charge in [-0.15, -0.1) is 0 Å². The van der Waals surface area contributed by atoms with Gasteiger partial charge in [-0.05, 0) is 5.56 Å². The summed E-state index contributed by atoms with van der Waals surface area (Å²) in [6.07, 6.45) is 0. The summed E-state index contributed by atoms with van der Waals surface area (Å²) in [5.41, 5.74) is 0.943. The average molecular weight is 319 g/mol. The van der Waals surface area contributed by atoms with E-state index in [4.69, 9.17) is 0 Å². The van der Waals surface area contributed by atoms with E-state index in [1.54, 1.807) is 0 Å². The molecule has 0 amide bonds. The highest BCUT2D eigenvalue weighted by molar-refractivity contribution is 9.11. The van der Waals surface area contributed by atoms with Crippen molar-refractivity contribution in [2.45, 2.75) is 6.54 Å². The van der Waals surface area contributed by atoms with Crippen LogP contribution in [0, 0.1) is 0 Å². The Kier molecular flexibility index (Phi) is 5.32. The van der Waals surface area contributed by atoms with Gasteiger partial charge in [0, 0.05) is 24.6 Å². The van der Waals surface area contributed by atoms with E-state index in [0.717, 1.165) is 5.56 Å². The molecule has 6 heteroatoms. The maximum Gasteiger partial charge on any atom is 0.279 e. The van der Waals surface area contributed by atoms with Gasteiger partial charge in [0.15, 0.2) is 0 Å². The van der Waals surface area contributed by atoms with E-state index in [9.17, 15) is 8.42 Å². The van der Waals surface area contributed by atoms with Gasteiger partial charge in [-0.1, -0.05) is 52.8 Å². The topological polar surface area (TPSA) is 49.4 Å². The predicted octanol–water partition coefficient (Wildman–Crippen LogP) is 1.86. The molecule has 0 fully saturated rings. The highest BCUT2D eigenvalue weighted by Gasteiger charge is 2.16. The number of hydrogen-bond acceptors (Lipinski definition) is 2. The van der Waals surface area contributed by atoms with E-state index in [-0.39, 0.29) is 6.54 Å². The maximum atomic E-state index is 11.8. The third-order valence-corrected chi connectivity index (χ3v) is 3.84. The lowest BCUT2D eigenvalue weighted by molar-refractivity contribution is 0.457. The van der Waals surface area contributed by atoms with E-state index in [1.807, 2.05) is 30.3 Å². The Morgan fingerprint density at radius 1 is 1.41 bits per heavy atom. The van der Waals surface area contributed by atoms with E-state index in [2.05, 4.69) is 27.2 Å². The fourth-order valence-electron chi connectivity index (χ4n) is 1.21. The first-order valence-electron chi connectivity index (χ1n) is 5.00. The third kappa shape index (κ3) is 4.99. The van der Waals surface area contributed by atoms with Crippen LogP contribution in [0.4, 0.5) is 0 Å². The molecule has 94 valence electrons. The molecule has 0 spiro atoms. The van der Waals surface area contributed by atoms with Gasteiger partial charge in [-0.2, -0.15) is 17.4 Å². The van der Waals surface area contributed by atoms with Crippen molar-refractivity contribution in [2.24, 2.45) is 0 Å². The molecule has 0 aliphatic carbocycles. The number of halogens is 1. The fourth-order valence-corrected chi connectivity index (χ4v) is 2.43. The van der Waals surface area contributed by atoms with Crippen molar-refractivity contribution in [2.75, 3.05) is 13.6 Å². The van der Waals surface area contributed by atoms with E-state index < -0.39 is 10.2 Å². The molecule has 0 radical (unpaired) electrons. The van der Waals surface area contributed by atoms with Crippen LogP contribution in [-0.4, -0.2) is 26.3 Å². The number of nitrogens with zero attached hydrogens (tertiary/aromatic N) is 1. The Morgan fingerprint density at radius 2 is 2.00 bits per heavy atom. The van der Waals surface area contributed by atoms with Crippen LogP contribution in [0.15, 0.2) is 41.4 Å². The Morgan fingerprint density at radius 3 is 2.53 bits per heavy atom. The molecule has 0 heterocycles. The summed E-state index contributed by atoms with van der Waals surface area (Å²) in [5, 5.41) is 0. The number of benzene rings is 1. The number of nitrogens with one attached hydrogen (secondary N) is 1. The second-order valence-electron chi connectivity index (χ2n) is 3.59. The van der Waals surface area contributed by atoms with E-state index in [0.29, 0.717) is 11.0 Å². The molecule has 1 rings (SSSR count). The van der Waals surface area contributed by atoms with Crippen LogP contribution in [0.25, 0.3) is 0 Å². The van der Waals surface area contributed by atoms with Crippen LogP contribution in [0.3, 0.4) is 0 Å². The van der Waals surface area contributed by atoms with Crippen molar-refractivity contribution in [3.63, 3.8) is 0 Å². The van der Waals surface area contributed by atoms with E-state index in [1.165, 1.54) is 11.4 Å². The van der Waals surface area contributed by atoms with E-state index >= 15 is 0 Å². The Balaban J connectivity index is 2.63. The standard InChI is InChI=1S/C11H15BrN2O2S/c1-10(12)8-13-17(15,16)14(2)9-11-6-4-3-5-7-11/h3-7,13H,1,8-9H2,2H3. The Labute approximate surface area is 111 Å². The van der Waals surface area contributed by atoms with Gasteiger partial charge in [0.05, 0.1) is 0 Å². The highest BCUT2D eigenvalue weighted by atomic mass is 79.9. The van der Waals surface area contributed by atoms with Crippen molar-refractivity contribution in [1.29, 1.82) is 0 Å². The summed E-state index contributed by atoms with van der Waals surface area (Å²) in [6.45, 7) is 4.09. The summed E-state index contributed by atoms with van der Waals surface area (Å²) < 4.78 is 27.9. The van der Waals surface area contributed by atoms with Gasteiger partial charge in [0.25, 0.3) is 10.2 Å². The fraction of sp³-hybridized carbons (Fsp3) is 0.273. The molecule has 0 bridgehead atoms. The molecule has 1 N–H and O–H groups in total. The molecule has 0 aliphatic heterocycles. The summed E-state index contributed by atoms with van der Waals surface area (Å²) in [7, 11) is -1.93. The van der Waals surface area contributed by atoms with Gasteiger partial charge in [-0.3, -0.25) is 0 Å². The molecule has 17 heavy (non-hydrogen) atoms.